The maximum Gasteiger partial charge on any atom is 0.127 e. The summed E-state index contributed by atoms with van der Waals surface area (Å²) in [6.45, 7) is 0. The molecule has 0 amide bonds. The Morgan fingerprint density at radius 1 is 1.00 bits per heavy atom. The first-order chi connectivity index (χ1) is 8.97. The molecule has 1 nitrogen and oxygen atoms in total. The van der Waals surface area contributed by atoms with Crippen LogP contribution in [0.25, 0.3) is 0 Å². The van der Waals surface area contributed by atoms with Crippen molar-refractivity contribution in [3.05, 3.63) is 66.8 Å². The molecular formula is C14H10Br3FO. The lowest BCUT2D eigenvalue weighted by molar-refractivity contribution is 0.177. The van der Waals surface area contributed by atoms with Gasteiger partial charge in [0.1, 0.15) is 5.82 Å². The average molecular weight is 453 g/mol. The standard InChI is InChI=1S/C14H10Br3FO/c15-10-3-1-8(13(18)7-10)6-14(19)9-2-4-11(16)12(17)5-9/h1-5,7,14,19H,6H2. The summed E-state index contributed by atoms with van der Waals surface area (Å²) in [4.78, 5) is 0. The lowest BCUT2D eigenvalue weighted by Crippen LogP contribution is -2.03. The van der Waals surface area contributed by atoms with Gasteiger partial charge in [-0.2, -0.15) is 0 Å². The van der Waals surface area contributed by atoms with Gasteiger partial charge in [0.15, 0.2) is 0 Å². The number of aliphatic hydroxyl groups is 1. The van der Waals surface area contributed by atoms with E-state index in [1.807, 2.05) is 18.2 Å². The highest BCUT2D eigenvalue weighted by atomic mass is 79.9. The van der Waals surface area contributed by atoms with Crippen molar-refractivity contribution in [3.8, 4) is 0 Å². The van der Waals surface area contributed by atoms with Crippen LogP contribution in [-0.2, 0) is 6.42 Å². The Balaban J connectivity index is 2.20. The van der Waals surface area contributed by atoms with Gasteiger partial charge in [-0.3, -0.25) is 0 Å². The second-order valence-electron chi connectivity index (χ2n) is 4.13. The molecule has 0 heterocycles. The molecule has 0 spiro atoms. The third kappa shape index (κ3) is 3.88. The molecule has 0 saturated heterocycles. The Morgan fingerprint density at radius 2 is 1.74 bits per heavy atom. The van der Waals surface area contributed by atoms with Crippen molar-refractivity contribution in [2.45, 2.75) is 12.5 Å². The monoisotopic (exact) mass is 450 g/mol. The summed E-state index contributed by atoms with van der Waals surface area (Å²) < 4.78 is 16.2. The zero-order chi connectivity index (χ0) is 14.0. The largest absolute Gasteiger partial charge is 0.388 e. The fraction of sp³-hybridized carbons (Fsp3) is 0.143. The molecule has 5 heteroatoms. The fourth-order valence-electron chi connectivity index (χ4n) is 1.73. The first kappa shape index (κ1) is 15.2. The Bertz CT molecular complexity index is 601. The van der Waals surface area contributed by atoms with Gasteiger partial charge in [0.25, 0.3) is 0 Å². The van der Waals surface area contributed by atoms with Gasteiger partial charge in [0.2, 0.25) is 0 Å². The predicted molar refractivity (Wildman–Crippen MR) is 84.6 cm³/mol. The molecule has 2 aromatic rings. The van der Waals surface area contributed by atoms with Crippen LogP contribution in [0.1, 0.15) is 17.2 Å². The smallest absolute Gasteiger partial charge is 0.127 e. The van der Waals surface area contributed by atoms with E-state index in [4.69, 9.17) is 0 Å². The minimum atomic E-state index is -0.736. The minimum Gasteiger partial charge on any atom is -0.388 e. The van der Waals surface area contributed by atoms with E-state index in [1.54, 1.807) is 12.1 Å². The average Bonchev–Trinajstić information content (AvgIpc) is 2.36. The van der Waals surface area contributed by atoms with Crippen LogP contribution in [0.2, 0.25) is 0 Å². The third-order valence-electron chi connectivity index (χ3n) is 2.76. The van der Waals surface area contributed by atoms with Crippen molar-refractivity contribution >= 4 is 47.8 Å². The fourth-order valence-corrected chi connectivity index (χ4v) is 2.71. The first-order valence-corrected chi connectivity index (χ1v) is 7.92. The number of benzene rings is 2. The molecule has 0 radical (unpaired) electrons. The van der Waals surface area contributed by atoms with Gasteiger partial charge in [0.05, 0.1) is 6.10 Å². The molecule has 1 atom stereocenters. The third-order valence-corrected chi connectivity index (χ3v) is 5.13. The van der Waals surface area contributed by atoms with E-state index < -0.39 is 6.10 Å². The molecule has 100 valence electrons. The molecule has 0 aliphatic heterocycles. The van der Waals surface area contributed by atoms with Gasteiger partial charge in [0, 0.05) is 19.8 Å². The summed E-state index contributed by atoms with van der Waals surface area (Å²) >= 11 is 9.97. The molecule has 2 aromatic carbocycles. The number of hydrogen-bond acceptors (Lipinski definition) is 1. The Kier molecular flexibility index (Phi) is 5.17. The number of hydrogen-bond donors (Lipinski definition) is 1. The van der Waals surface area contributed by atoms with Crippen LogP contribution in [0, 0.1) is 5.82 Å². The molecule has 0 aliphatic rings. The minimum absolute atomic E-state index is 0.243. The van der Waals surface area contributed by atoms with E-state index in [9.17, 15) is 9.50 Å². The Morgan fingerprint density at radius 3 is 2.37 bits per heavy atom. The summed E-state index contributed by atoms with van der Waals surface area (Å²) in [7, 11) is 0. The normalized spacial score (nSPS) is 12.5. The number of halogens is 4. The van der Waals surface area contributed by atoms with Crippen LogP contribution in [0.4, 0.5) is 4.39 Å². The molecule has 2 rings (SSSR count). The number of rotatable bonds is 3. The van der Waals surface area contributed by atoms with E-state index in [0.717, 1.165) is 14.5 Å². The molecule has 1 N–H and O–H groups in total. The quantitative estimate of drug-likeness (QED) is 0.662. The first-order valence-electron chi connectivity index (χ1n) is 5.54. The zero-order valence-electron chi connectivity index (χ0n) is 9.71. The second kappa shape index (κ2) is 6.48. The molecule has 19 heavy (non-hydrogen) atoms. The molecule has 1 unspecified atom stereocenters. The van der Waals surface area contributed by atoms with Crippen LogP contribution >= 0.6 is 47.8 Å². The van der Waals surface area contributed by atoms with Crippen molar-refractivity contribution in [2.75, 3.05) is 0 Å². The molecule has 0 fully saturated rings. The molecule has 0 aromatic heterocycles. The van der Waals surface area contributed by atoms with Crippen LogP contribution < -0.4 is 0 Å². The zero-order valence-corrected chi connectivity index (χ0v) is 14.5. The number of aliphatic hydroxyl groups excluding tert-OH is 1. The van der Waals surface area contributed by atoms with Crippen molar-refractivity contribution in [2.24, 2.45) is 0 Å². The summed E-state index contributed by atoms with van der Waals surface area (Å²) in [5, 5.41) is 10.2. The van der Waals surface area contributed by atoms with E-state index in [0.29, 0.717) is 10.0 Å². The van der Waals surface area contributed by atoms with E-state index in [2.05, 4.69) is 47.8 Å². The lowest BCUT2D eigenvalue weighted by Gasteiger charge is -2.13. The van der Waals surface area contributed by atoms with Crippen molar-refractivity contribution in [1.82, 2.24) is 0 Å². The Labute approximate surface area is 136 Å². The maximum atomic E-state index is 13.7. The maximum absolute atomic E-state index is 13.7. The van der Waals surface area contributed by atoms with Gasteiger partial charge in [-0.1, -0.05) is 28.1 Å². The van der Waals surface area contributed by atoms with Crippen LogP contribution in [-0.4, -0.2) is 5.11 Å². The van der Waals surface area contributed by atoms with Crippen LogP contribution in [0.3, 0.4) is 0 Å². The van der Waals surface area contributed by atoms with Crippen LogP contribution in [0.15, 0.2) is 49.8 Å². The van der Waals surface area contributed by atoms with E-state index in [-0.39, 0.29) is 12.2 Å². The Hall–Kier alpha value is -0.230. The van der Waals surface area contributed by atoms with Gasteiger partial charge >= 0.3 is 0 Å². The molecule has 0 aliphatic carbocycles. The molecular weight excluding hydrogens is 443 g/mol. The summed E-state index contributed by atoms with van der Waals surface area (Å²) in [5.41, 5.74) is 1.24. The van der Waals surface area contributed by atoms with Crippen molar-refractivity contribution < 1.29 is 9.50 Å². The predicted octanol–water partition coefficient (Wildman–Crippen LogP) is 5.39. The van der Waals surface area contributed by atoms with E-state index in [1.165, 1.54) is 6.07 Å². The highest BCUT2D eigenvalue weighted by Crippen LogP contribution is 2.28. The van der Waals surface area contributed by atoms with Gasteiger partial charge < -0.3 is 5.11 Å². The summed E-state index contributed by atoms with van der Waals surface area (Å²) in [5.74, 6) is -0.315. The van der Waals surface area contributed by atoms with Gasteiger partial charge in [-0.15, -0.1) is 0 Å². The highest BCUT2D eigenvalue weighted by Gasteiger charge is 2.13. The molecule has 0 bridgehead atoms. The topological polar surface area (TPSA) is 20.2 Å². The highest BCUT2D eigenvalue weighted by molar-refractivity contribution is 9.13. The molecule has 0 saturated carbocycles. The van der Waals surface area contributed by atoms with Gasteiger partial charge in [-0.25, -0.2) is 4.39 Å². The van der Waals surface area contributed by atoms with Crippen molar-refractivity contribution in [3.63, 3.8) is 0 Å². The summed E-state index contributed by atoms with van der Waals surface area (Å²) in [6.07, 6.45) is -0.493. The van der Waals surface area contributed by atoms with Crippen molar-refractivity contribution in [1.29, 1.82) is 0 Å². The summed E-state index contributed by atoms with van der Waals surface area (Å²) in [6, 6.07) is 10.3. The van der Waals surface area contributed by atoms with E-state index >= 15 is 0 Å². The lowest BCUT2D eigenvalue weighted by atomic mass is 10.0. The van der Waals surface area contributed by atoms with Gasteiger partial charge in [-0.05, 0) is 67.3 Å². The van der Waals surface area contributed by atoms with Crippen LogP contribution in [0.5, 0.6) is 0 Å². The SMILES string of the molecule is OC(Cc1ccc(Br)cc1F)c1ccc(Br)c(Br)c1. The second-order valence-corrected chi connectivity index (χ2v) is 6.75.